The molecule has 0 aromatic rings. The van der Waals surface area contributed by atoms with Crippen LogP contribution in [-0.2, 0) is 0 Å². The van der Waals surface area contributed by atoms with Crippen LogP contribution in [0.15, 0.2) is 48.6 Å². The first-order valence-corrected chi connectivity index (χ1v) is 6.56. The summed E-state index contributed by atoms with van der Waals surface area (Å²) in [6.45, 7) is 4.39. The molecule has 0 saturated heterocycles. The summed E-state index contributed by atoms with van der Waals surface area (Å²) in [4.78, 5) is 0. The quantitative estimate of drug-likeness (QED) is 0.349. The Labute approximate surface area is 101 Å². The standard InChI is InChI=1S/C16H26/c1-3-5-7-9-11-13-15-16-14-12-10-8-6-4-2/h5,7,9,11,13-16H,3-4,6,8,10,12H2,1-2H3. The first-order valence-electron chi connectivity index (χ1n) is 6.56. The molecule has 0 bridgehead atoms. The Bertz CT molecular complexity index is 228. The fourth-order valence-corrected chi connectivity index (χ4v) is 1.34. The van der Waals surface area contributed by atoms with E-state index in [1.807, 2.05) is 0 Å². The number of allylic oxidation sites excluding steroid dienone is 8. The van der Waals surface area contributed by atoms with E-state index in [1.54, 1.807) is 0 Å². The van der Waals surface area contributed by atoms with Crippen LogP contribution in [0.3, 0.4) is 0 Å². The lowest BCUT2D eigenvalue weighted by Gasteiger charge is -1.92. The minimum Gasteiger partial charge on any atom is -0.0848 e. The molecule has 0 heteroatoms. The molecule has 0 saturated carbocycles. The monoisotopic (exact) mass is 218 g/mol. The van der Waals surface area contributed by atoms with E-state index in [2.05, 4.69) is 62.5 Å². The Kier molecular flexibility index (Phi) is 13.1. The van der Waals surface area contributed by atoms with Crippen molar-refractivity contribution < 1.29 is 0 Å². The molecule has 0 rings (SSSR count). The maximum atomic E-state index is 2.25. The molecule has 16 heavy (non-hydrogen) atoms. The van der Waals surface area contributed by atoms with E-state index in [-0.39, 0.29) is 0 Å². The van der Waals surface area contributed by atoms with Gasteiger partial charge in [0.25, 0.3) is 0 Å². The second-order valence-electron chi connectivity index (χ2n) is 3.88. The molecule has 0 atom stereocenters. The van der Waals surface area contributed by atoms with Gasteiger partial charge in [-0.1, -0.05) is 81.7 Å². The summed E-state index contributed by atoms with van der Waals surface area (Å²) in [5, 5.41) is 0. The Morgan fingerprint density at radius 2 is 1.25 bits per heavy atom. The molecule has 0 spiro atoms. The van der Waals surface area contributed by atoms with E-state index in [4.69, 9.17) is 0 Å². The third-order valence-corrected chi connectivity index (χ3v) is 2.29. The Balaban J connectivity index is 3.41. The van der Waals surface area contributed by atoms with Crippen LogP contribution >= 0.6 is 0 Å². The van der Waals surface area contributed by atoms with Gasteiger partial charge in [0.15, 0.2) is 0 Å². The molecular weight excluding hydrogens is 192 g/mol. The van der Waals surface area contributed by atoms with Crippen molar-refractivity contribution in [3.63, 3.8) is 0 Å². The van der Waals surface area contributed by atoms with Gasteiger partial charge < -0.3 is 0 Å². The van der Waals surface area contributed by atoms with Crippen LogP contribution in [0.2, 0.25) is 0 Å². The van der Waals surface area contributed by atoms with E-state index in [9.17, 15) is 0 Å². The molecule has 0 aromatic carbocycles. The van der Waals surface area contributed by atoms with E-state index in [0.717, 1.165) is 6.42 Å². The van der Waals surface area contributed by atoms with Crippen molar-refractivity contribution >= 4 is 0 Å². The maximum Gasteiger partial charge on any atom is -0.0348 e. The smallest absolute Gasteiger partial charge is 0.0348 e. The summed E-state index contributed by atoms with van der Waals surface area (Å²) < 4.78 is 0. The van der Waals surface area contributed by atoms with Gasteiger partial charge in [-0.3, -0.25) is 0 Å². The average molecular weight is 218 g/mol. The zero-order valence-electron chi connectivity index (χ0n) is 10.9. The van der Waals surface area contributed by atoms with Crippen molar-refractivity contribution in [2.45, 2.75) is 52.4 Å². The fraction of sp³-hybridized carbons (Fsp3) is 0.500. The highest BCUT2D eigenvalue weighted by Crippen LogP contribution is 2.02. The molecule has 0 aromatic heterocycles. The summed E-state index contributed by atoms with van der Waals surface area (Å²) in [5.41, 5.74) is 0. The highest BCUT2D eigenvalue weighted by molar-refractivity contribution is 5.15. The second-order valence-corrected chi connectivity index (χ2v) is 3.88. The molecule has 0 aliphatic rings. The zero-order chi connectivity index (χ0) is 11.9. The SMILES string of the molecule is CCC=CC=CC=CC=CCCCCCC. The average Bonchev–Trinajstić information content (AvgIpc) is 2.31. The normalized spacial score (nSPS) is 12.9. The molecule has 0 nitrogen and oxygen atoms in total. The minimum absolute atomic E-state index is 1.10. The van der Waals surface area contributed by atoms with Crippen molar-refractivity contribution in [3.8, 4) is 0 Å². The lowest BCUT2D eigenvalue weighted by Crippen LogP contribution is -1.72. The van der Waals surface area contributed by atoms with Crippen LogP contribution < -0.4 is 0 Å². The Morgan fingerprint density at radius 1 is 0.625 bits per heavy atom. The van der Waals surface area contributed by atoms with Crippen LogP contribution in [-0.4, -0.2) is 0 Å². The summed E-state index contributed by atoms with van der Waals surface area (Å²) in [5.74, 6) is 0. The third kappa shape index (κ3) is 13.0. The Hall–Kier alpha value is -1.04. The second kappa shape index (κ2) is 14.0. The highest BCUT2D eigenvalue weighted by atomic mass is 13.9. The van der Waals surface area contributed by atoms with Gasteiger partial charge in [-0.15, -0.1) is 0 Å². The van der Waals surface area contributed by atoms with Crippen molar-refractivity contribution in [1.29, 1.82) is 0 Å². The van der Waals surface area contributed by atoms with Crippen molar-refractivity contribution in [2.24, 2.45) is 0 Å². The van der Waals surface area contributed by atoms with Gasteiger partial charge in [0.2, 0.25) is 0 Å². The first-order chi connectivity index (χ1) is 7.91. The highest BCUT2D eigenvalue weighted by Gasteiger charge is 1.82. The number of rotatable bonds is 9. The Morgan fingerprint density at radius 3 is 1.88 bits per heavy atom. The molecule has 0 aliphatic carbocycles. The molecule has 0 unspecified atom stereocenters. The molecule has 90 valence electrons. The van der Waals surface area contributed by atoms with E-state index in [1.165, 1.54) is 32.1 Å². The third-order valence-electron chi connectivity index (χ3n) is 2.29. The van der Waals surface area contributed by atoms with E-state index in [0.29, 0.717) is 0 Å². The molecule has 0 aliphatic heterocycles. The molecule has 0 N–H and O–H groups in total. The number of hydrogen-bond acceptors (Lipinski definition) is 0. The topological polar surface area (TPSA) is 0 Å². The van der Waals surface area contributed by atoms with Crippen LogP contribution in [0.4, 0.5) is 0 Å². The van der Waals surface area contributed by atoms with Crippen LogP contribution in [0.25, 0.3) is 0 Å². The van der Waals surface area contributed by atoms with Crippen molar-refractivity contribution in [2.75, 3.05) is 0 Å². The molecular formula is C16H26. The maximum absolute atomic E-state index is 2.25. The largest absolute Gasteiger partial charge is 0.0848 e. The summed E-state index contributed by atoms with van der Waals surface area (Å²) in [7, 11) is 0. The van der Waals surface area contributed by atoms with Crippen molar-refractivity contribution in [3.05, 3.63) is 48.6 Å². The van der Waals surface area contributed by atoms with Gasteiger partial charge in [-0.2, -0.15) is 0 Å². The van der Waals surface area contributed by atoms with Gasteiger partial charge in [-0.05, 0) is 19.3 Å². The van der Waals surface area contributed by atoms with E-state index < -0.39 is 0 Å². The van der Waals surface area contributed by atoms with E-state index >= 15 is 0 Å². The summed E-state index contributed by atoms with van der Waals surface area (Å²) in [6, 6.07) is 0. The summed E-state index contributed by atoms with van der Waals surface area (Å²) >= 11 is 0. The lowest BCUT2D eigenvalue weighted by atomic mass is 10.1. The molecule has 0 radical (unpaired) electrons. The first kappa shape index (κ1) is 15.0. The van der Waals surface area contributed by atoms with Gasteiger partial charge in [0.05, 0.1) is 0 Å². The fourth-order valence-electron chi connectivity index (χ4n) is 1.34. The van der Waals surface area contributed by atoms with Gasteiger partial charge in [-0.25, -0.2) is 0 Å². The predicted molar refractivity (Wildman–Crippen MR) is 75.6 cm³/mol. The van der Waals surface area contributed by atoms with Crippen LogP contribution in [0.5, 0.6) is 0 Å². The van der Waals surface area contributed by atoms with Gasteiger partial charge in [0, 0.05) is 0 Å². The lowest BCUT2D eigenvalue weighted by molar-refractivity contribution is 0.674. The van der Waals surface area contributed by atoms with Crippen LogP contribution in [0.1, 0.15) is 52.4 Å². The molecule has 0 fully saturated rings. The van der Waals surface area contributed by atoms with Crippen LogP contribution in [0, 0.1) is 0 Å². The minimum atomic E-state index is 1.10. The predicted octanol–water partition coefficient (Wildman–Crippen LogP) is 5.59. The van der Waals surface area contributed by atoms with Gasteiger partial charge in [0.1, 0.15) is 0 Å². The number of hydrogen-bond donors (Lipinski definition) is 0. The molecule has 0 heterocycles. The molecule has 0 amide bonds. The number of unbranched alkanes of at least 4 members (excludes halogenated alkanes) is 4. The summed E-state index contributed by atoms with van der Waals surface area (Å²) in [6.07, 6.45) is 24.6. The van der Waals surface area contributed by atoms with Gasteiger partial charge >= 0.3 is 0 Å². The van der Waals surface area contributed by atoms with Crippen molar-refractivity contribution in [1.82, 2.24) is 0 Å². The zero-order valence-corrected chi connectivity index (χ0v) is 10.9.